The number of quaternary nitrogens is 1. The molecular weight excluding hydrogens is 328 g/mol. The fraction of sp³-hybridized carbons (Fsp3) is 0.429. The summed E-state index contributed by atoms with van der Waals surface area (Å²) in [5, 5.41) is 5.49. The standard InChI is InChI=1S/C21H26N2O3/c1-15(18-9-5-7-16-6-3-4-8-19(16)18)22-20(24)14-23-12-10-17(11-13-23)21(25)26-2/h3-9,15,17H,10-14H2,1-2H3,(H,22,24)/p+1/t15-/m1/s1. The molecule has 5 heteroatoms. The Kier molecular flexibility index (Phi) is 5.89. The fourth-order valence-electron chi connectivity index (χ4n) is 3.83. The van der Waals surface area contributed by atoms with E-state index in [2.05, 4.69) is 29.6 Å². The van der Waals surface area contributed by atoms with E-state index in [0.717, 1.165) is 31.5 Å². The molecule has 0 aromatic heterocycles. The van der Waals surface area contributed by atoms with Gasteiger partial charge in [0, 0.05) is 12.8 Å². The third kappa shape index (κ3) is 4.22. The second-order valence-electron chi connectivity index (χ2n) is 7.08. The van der Waals surface area contributed by atoms with Crippen molar-refractivity contribution in [2.45, 2.75) is 25.8 Å². The summed E-state index contributed by atoms with van der Waals surface area (Å²) in [6.07, 6.45) is 1.57. The number of nitrogens with one attached hydrogen (secondary N) is 2. The van der Waals surface area contributed by atoms with Crippen molar-refractivity contribution in [2.24, 2.45) is 5.92 Å². The van der Waals surface area contributed by atoms with Gasteiger partial charge in [0.1, 0.15) is 0 Å². The molecule has 0 bridgehead atoms. The van der Waals surface area contributed by atoms with Gasteiger partial charge in [-0.15, -0.1) is 0 Å². The topological polar surface area (TPSA) is 59.8 Å². The number of carbonyl (C=O) groups excluding carboxylic acids is 2. The monoisotopic (exact) mass is 355 g/mol. The van der Waals surface area contributed by atoms with Gasteiger partial charge in [-0.25, -0.2) is 0 Å². The third-order valence-electron chi connectivity index (χ3n) is 5.31. The summed E-state index contributed by atoms with van der Waals surface area (Å²) in [6, 6.07) is 14.4. The van der Waals surface area contributed by atoms with Crippen LogP contribution in [0.3, 0.4) is 0 Å². The Morgan fingerprint density at radius 2 is 1.85 bits per heavy atom. The Balaban J connectivity index is 1.56. The number of fused-ring (bicyclic) bond motifs is 1. The van der Waals surface area contributed by atoms with E-state index in [1.165, 1.54) is 22.8 Å². The smallest absolute Gasteiger partial charge is 0.309 e. The molecule has 1 atom stereocenters. The van der Waals surface area contributed by atoms with Crippen LogP contribution in [0.15, 0.2) is 42.5 Å². The van der Waals surface area contributed by atoms with E-state index in [9.17, 15) is 9.59 Å². The molecule has 26 heavy (non-hydrogen) atoms. The Labute approximate surface area is 154 Å². The van der Waals surface area contributed by atoms with Gasteiger partial charge in [0.15, 0.2) is 6.54 Å². The molecule has 1 amide bonds. The molecule has 5 nitrogen and oxygen atoms in total. The molecule has 0 aliphatic carbocycles. The van der Waals surface area contributed by atoms with Gasteiger partial charge < -0.3 is 15.0 Å². The molecule has 1 aliphatic heterocycles. The number of esters is 1. The Hall–Kier alpha value is -2.40. The van der Waals surface area contributed by atoms with Crippen LogP contribution in [-0.4, -0.2) is 38.6 Å². The zero-order chi connectivity index (χ0) is 18.5. The van der Waals surface area contributed by atoms with Crippen LogP contribution in [-0.2, 0) is 14.3 Å². The van der Waals surface area contributed by atoms with Crippen LogP contribution in [0.1, 0.15) is 31.4 Å². The average Bonchev–Trinajstić information content (AvgIpc) is 2.67. The van der Waals surface area contributed by atoms with Crippen LogP contribution in [0.25, 0.3) is 10.8 Å². The van der Waals surface area contributed by atoms with Crippen LogP contribution in [0.2, 0.25) is 0 Å². The number of likely N-dealkylation sites (tertiary alicyclic amines) is 1. The lowest BCUT2D eigenvalue weighted by Crippen LogP contribution is -3.14. The van der Waals surface area contributed by atoms with Gasteiger partial charge in [-0.1, -0.05) is 42.5 Å². The average molecular weight is 355 g/mol. The molecule has 2 aromatic rings. The fourth-order valence-corrected chi connectivity index (χ4v) is 3.83. The highest BCUT2D eigenvalue weighted by Crippen LogP contribution is 2.23. The van der Waals surface area contributed by atoms with Crippen LogP contribution >= 0.6 is 0 Å². The molecule has 1 saturated heterocycles. The van der Waals surface area contributed by atoms with E-state index in [-0.39, 0.29) is 23.8 Å². The summed E-state index contributed by atoms with van der Waals surface area (Å²) in [4.78, 5) is 25.3. The molecule has 1 fully saturated rings. The molecule has 138 valence electrons. The maximum atomic E-state index is 12.5. The van der Waals surface area contributed by atoms with Crippen molar-refractivity contribution in [3.05, 3.63) is 48.0 Å². The van der Waals surface area contributed by atoms with Gasteiger partial charge in [0.25, 0.3) is 5.91 Å². The highest BCUT2D eigenvalue weighted by atomic mass is 16.5. The third-order valence-corrected chi connectivity index (χ3v) is 5.31. The number of piperidine rings is 1. The summed E-state index contributed by atoms with van der Waals surface area (Å²) in [6.45, 7) is 4.13. The highest BCUT2D eigenvalue weighted by Gasteiger charge is 2.29. The zero-order valence-corrected chi connectivity index (χ0v) is 15.5. The summed E-state index contributed by atoms with van der Waals surface area (Å²) in [5.41, 5.74) is 1.14. The van der Waals surface area contributed by atoms with Crippen LogP contribution in [0.4, 0.5) is 0 Å². The minimum Gasteiger partial charge on any atom is -0.469 e. The second kappa shape index (κ2) is 8.32. The van der Waals surface area contributed by atoms with E-state index in [1.54, 1.807) is 0 Å². The van der Waals surface area contributed by atoms with E-state index < -0.39 is 0 Å². The van der Waals surface area contributed by atoms with Crippen LogP contribution < -0.4 is 10.2 Å². The molecular formula is C21H27N2O3+. The lowest BCUT2D eigenvalue weighted by molar-refractivity contribution is -0.897. The summed E-state index contributed by atoms with van der Waals surface area (Å²) in [5.74, 6) is -0.0866. The molecule has 3 rings (SSSR count). The zero-order valence-electron chi connectivity index (χ0n) is 15.5. The number of amides is 1. The predicted molar refractivity (Wildman–Crippen MR) is 101 cm³/mol. The first-order valence-electron chi connectivity index (χ1n) is 9.27. The first-order chi connectivity index (χ1) is 12.6. The van der Waals surface area contributed by atoms with Crippen LogP contribution in [0.5, 0.6) is 0 Å². The minimum atomic E-state index is -0.127. The van der Waals surface area contributed by atoms with Crippen molar-refractivity contribution in [3.8, 4) is 0 Å². The molecule has 0 spiro atoms. The van der Waals surface area contributed by atoms with Gasteiger partial charge >= 0.3 is 5.97 Å². The minimum absolute atomic E-state index is 0.0126. The van der Waals surface area contributed by atoms with Gasteiger partial charge in [-0.2, -0.15) is 0 Å². The lowest BCUT2D eigenvalue weighted by Gasteiger charge is -2.28. The molecule has 2 aromatic carbocycles. The van der Waals surface area contributed by atoms with Crippen molar-refractivity contribution in [1.82, 2.24) is 5.32 Å². The van der Waals surface area contributed by atoms with E-state index >= 15 is 0 Å². The molecule has 0 saturated carbocycles. The van der Waals surface area contributed by atoms with E-state index in [0.29, 0.717) is 6.54 Å². The Morgan fingerprint density at radius 3 is 2.58 bits per heavy atom. The predicted octanol–water partition coefficient (Wildman–Crippen LogP) is 1.48. The Bertz CT molecular complexity index is 776. The number of methoxy groups -OCH3 is 1. The molecule has 2 N–H and O–H groups in total. The molecule has 0 unspecified atom stereocenters. The van der Waals surface area contributed by atoms with Gasteiger partial charge in [-0.3, -0.25) is 9.59 Å². The van der Waals surface area contributed by atoms with Gasteiger partial charge in [0.2, 0.25) is 0 Å². The summed E-state index contributed by atoms with van der Waals surface area (Å²) < 4.78 is 4.82. The van der Waals surface area contributed by atoms with Gasteiger partial charge in [0.05, 0.1) is 32.2 Å². The number of ether oxygens (including phenoxy) is 1. The van der Waals surface area contributed by atoms with Gasteiger partial charge in [-0.05, 0) is 23.3 Å². The van der Waals surface area contributed by atoms with Crippen molar-refractivity contribution in [2.75, 3.05) is 26.7 Å². The van der Waals surface area contributed by atoms with E-state index in [1.807, 2.05) is 25.1 Å². The maximum Gasteiger partial charge on any atom is 0.309 e. The number of benzene rings is 2. The normalized spacial score (nSPS) is 21.2. The maximum absolute atomic E-state index is 12.5. The first kappa shape index (κ1) is 18.4. The molecule has 1 aliphatic rings. The van der Waals surface area contributed by atoms with Crippen molar-refractivity contribution in [3.63, 3.8) is 0 Å². The number of hydrogen-bond donors (Lipinski definition) is 2. The van der Waals surface area contributed by atoms with Crippen molar-refractivity contribution >= 4 is 22.6 Å². The lowest BCUT2D eigenvalue weighted by atomic mass is 9.97. The highest BCUT2D eigenvalue weighted by molar-refractivity contribution is 5.87. The molecule has 0 radical (unpaired) electrons. The number of carbonyl (C=O) groups is 2. The van der Waals surface area contributed by atoms with Crippen molar-refractivity contribution < 1.29 is 19.2 Å². The quantitative estimate of drug-likeness (QED) is 0.799. The first-order valence-corrected chi connectivity index (χ1v) is 9.27. The summed E-state index contributed by atoms with van der Waals surface area (Å²) in [7, 11) is 1.43. The second-order valence-corrected chi connectivity index (χ2v) is 7.08. The SMILES string of the molecule is COC(=O)C1CC[NH+](CC(=O)N[C@H](C)c2cccc3ccccc23)CC1. The summed E-state index contributed by atoms with van der Waals surface area (Å²) >= 11 is 0. The number of rotatable bonds is 5. The number of hydrogen-bond acceptors (Lipinski definition) is 3. The van der Waals surface area contributed by atoms with Crippen molar-refractivity contribution in [1.29, 1.82) is 0 Å². The van der Waals surface area contributed by atoms with E-state index in [4.69, 9.17) is 4.74 Å². The molecule has 1 heterocycles. The largest absolute Gasteiger partial charge is 0.469 e. The Morgan fingerprint density at radius 1 is 1.15 bits per heavy atom. The van der Waals surface area contributed by atoms with Crippen LogP contribution in [0, 0.1) is 5.92 Å².